The van der Waals surface area contributed by atoms with Crippen LogP contribution in [0.15, 0.2) is 65.6 Å². The van der Waals surface area contributed by atoms with Crippen LogP contribution in [0, 0.1) is 5.92 Å². The molecule has 6 nitrogen and oxygen atoms in total. The van der Waals surface area contributed by atoms with Crippen LogP contribution in [0.1, 0.15) is 37.6 Å². The lowest BCUT2D eigenvalue weighted by Gasteiger charge is -2.16. The zero-order chi connectivity index (χ0) is 23.3. The minimum Gasteiger partial charge on any atom is -0.489 e. The number of aryl methyl sites for hydroxylation is 1. The zero-order valence-corrected chi connectivity index (χ0v) is 19.6. The van der Waals surface area contributed by atoms with Crippen LogP contribution in [0.25, 0.3) is 16.7 Å². The minimum absolute atomic E-state index is 0.172. The molecule has 2 atom stereocenters. The van der Waals surface area contributed by atoms with Crippen LogP contribution < -0.4 is 10.3 Å². The first-order valence-electron chi connectivity index (χ1n) is 11.0. The van der Waals surface area contributed by atoms with Gasteiger partial charge < -0.3 is 14.4 Å². The van der Waals surface area contributed by atoms with Crippen molar-refractivity contribution in [3.8, 4) is 11.4 Å². The Bertz CT molecular complexity index is 1380. The minimum atomic E-state index is -0.710. The fourth-order valence-electron chi connectivity index (χ4n) is 4.45. The van der Waals surface area contributed by atoms with Gasteiger partial charge in [0.05, 0.1) is 22.3 Å². The van der Waals surface area contributed by atoms with E-state index >= 15 is 0 Å². The average molecular weight is 464 g/mol. The highest BCUT2D eigenvalue weighted by Crippen LogP contribution is 2.53. The lowest BCUT2D eigenvalue weighted by atomic mass is 10.0. The number of aromatic nitrogens is 3. The number of imidazole rings is 1. The lowest BCUT2D eigenvalue weighted by Crippen LogP contribution is -2.22. The van der Waals surface area contributed by atoms with Crippen molar-refractivity contribution in [3.63, 3.8) is 0 Å². The summed E-state index contributed by atoms with van der Waals surface area (Å²) in [5.74, 6) is 1.97. The molecule has 2 aromatic carbocycles. The molecule has 170 valence electrons. The number of halogens is 1. The summed E-state index contributed by atoms with van der Waals surface area (Å²) in [7, 11) is 1.99. The van der Waals surface area contributed by atoms with Crippen LogP contribution in [0.3, 0.4) is 0 Å². The summed E-state index contributed by atoms with van der Waals surface area (Å²) < 4.78 is 9.44. The van der Waals surface area contributed by atoms with Crippen molar-refractivity contribution in [1.29, 1.82) is 0 Å². The molecule has 33 heavy (non-hydrogen) atoms. The monoisotopic (exact) mass is 463 g/mol. The summed E-state index contributed by atoms with van der Waals surface area (Å²) in [6.07, 6.45) is 2.66. The Morgan fingerprint density at radius 1 is 1.15 bits per heavy atom. The molecule has 1 fully saturated rings. The first-order chi connectivity index (χ1) is 15.7. The van der Waals surface area contributed by atoms with Crippen LogP contribution in [-0.4, -0.2) is 24.8 Å². The van der Waals surface area contributed by atoms with E-state index in [9.17, 15) is 9.90 Å². The summed E-state index contributed by atoms with van der Waals surface area (Å²) in [6.45, 7) is 4.07. The molecular formula is C26H26ClN3O3. The molecule has 1 aliphatic rings. The molecule has 0 saturated heterocycles. The van der Waals surface area contributed by atoms with Crippen molar-refractivity contribution in [3.05, 3.63) is 87.6 Å². The normalized spacial score (nSPS) is 18.0. The Kier molecular flexibility index (Phi) is 5.30. The average Bonchev–Trinajstić information content (AvgIpc) is 3.52. The third kappa shape index (κ3) is 4.28. The van der Waals surface area contributed by atoms with Crippen molar-refractivity contribution in [2.75, 3.05) is 0 Å². The highest BCUT2D eigenvalue weighted by molar-refractivity contribution is 6.30. The second-order valence-electron chi connectivity index (χ2n) is 9.29. The molecule has 0 unspecified atom stereocenters. The van der Waals surface area contributed by atoms with Crippen molar-refractivity contribution >= 4 is 22.6 Å². The number of ether oxygens (including phenoxy) is 1. The standard InChI is InChI=1S/C26H26ClN3O3/c1-26(2,32)21-14-20(21)25-28-22-9-8-18(12-23(22)29(25)3)30-11-10-19(13-24(30)31)33-15-16-4-6-17(27)7-5-16/h4-13,20-21,32H,14-15H2,1-3H3/t20-,21+/m1/s1. The quantitative estimate of drug-likeness (QED) is 0.444. The Morgan fingerprint density at radius 2 is 1.91 bits per heavy atom. The number of hydrogen-bond acceptors (Lipinski definition) is 4. The maximum atomic E-state index is 12.8. The molecule has 1 saturated carbocycles. The smallest absolute Gasteiger partial charge is 0.258 e. The van der Waals surface area contributed by atoms with Crippen LogP contribution in [-0.2, 0) is 13.7 Å². The van der Waals surface area contributed by atoms with E-state index < -0.39 is 5.60 Å². The first kappa shape index (κ1) is 21.7. The van der Waals surface area contributed by atoms with E-state index in [0.29, 0.717) is 17.4 Å². The van der Waals surface area contributed by atoms with Crippen molar-refractivity contribution in [2.24, 2.45) is 13.0 Å². The second kappa shape index (κ2) is 8.04. The van der Waals surface area contributed by atoms with Gasteiger partial charge in [-0.05, 0) is 68.1 Å². The predicted molar refractivity (Wildman–Crippen MR) is 129 cm³/mol. The van der Waals surface area contributed by atoms with Crippen LogP contribution in [0.5, 0.6) is 5.75 Å². The Balaban J connectivity index is 1.38. The Labute approximate surface area is 197 Å². The van der Waals surface area contributed by atoms with Gasteiger partial charge in [0.15, 0.2) is 0 Å². The number of hydrogen-bond donors (Lipinski definition) is 1. The molecule has 1 N–H and O–H groups in total. The van der Waals surface area contributed by atoms with Gasteiger partial charge in [0.2, 0.25) is 0 Å². The highest BCUT2D eigenvalue weighted by atomic mass is 35.5. The molecular weight excluding hydrogens is 438 g/mol. The van der Waals surface area contributed by atoms with E-state index in [1.54, 1.807) is 16.8 Å². The first-order valence-corrected chi connectivity index (χ1v) is 11.4. The van der Waals surface area contributed by atoms with Gasteiger partial charge in [0.1, 0.15) is 18.2 Å². The van der Waals surface area contributed by atoms with Gasteiger partial charge in [-0.25, -0.2) is 4.98 Å². The predicted octanol–water partition coefficient (Wildman–Crippen LogP) is 4.83. The Morgan fingerprint density at radius 3 is 2.58 bits per heavy atom. The fourth-order valence-corrected chi connectivity index (χ4v) is 4.58. The Hall–Kier alpha value is -3.09. The van der Waals surface area contributed by atoms with Gasteiger partial charge in [-0.3, -0.25) is 9.36 Å². The number of benzene rings is 2. The number of nitrogens with zero attached hydrogens (tertiary/aromatic N) is 3. The largest absolute Gasteiger partial charge is 0.489 e. The lowest BCUT2D eigenvalue weighted by molar-refractivity contribution is 0.0542. The highest BCUT2D eigenvalue weighted by Gasteiger charge is 2.49. The van der Waals surface area contributed by atoms with E-state index in [1.807, 2.05) is 63.4 Å². The summed E-state index contributed by atoms with van der Waals surface area (Å²) in [4.78, 5) is 17.6. The van der Waals surface area contributed by atoms with Gasteiger partial charge in [0.25, 0.3) is 5.56 Å². The summed E-state index contributed by atoms with van der Waals surface area (Å²) >= 11 is 5.92. The second-order valence-corrected chi connectivity index (χ2v) is 9.73. The molecule has 4 aromatic rings. The number of pyridine rings is 1. The van der Waals surface area contributed by atoms with E-state index in [0.717, 1.165) is 34.5 Å². The number of aliphatic hydroxyl groups is 1. The zero-order valence-electron chi connectivity index (χ0n) is 18.8. The van der Waals surface area contributed by atoms with E-state index in [1.165, 1.54) is 6.07 Å². The topological polar surface area (TPSA) is 69.3 Å². The molecule has 0 aliphatic heterocycles. The maximum Gasteiger partial charge on any atom is 0.258 e. The van der Waals surface area contributed by atoms with Crippen molar-refractivity contribution < 1.29 is 9.84 Å². The van der Waals surface area contributed by atoms with Crippen molar-refractivity contribution in [1.82, 2.24) is 14.1 Å². The SMILES string of the molecule is Cn1c([C@@H]2C[C@@H]2C(C)(C)O)nc2ccc(-n3ccc(OCc4ccc(Cl)cc4)cc3=O)cc21. The van der Waals surface area contributed by atoms with Gasteiger partial charge in [0, 0.05) is 30.3 Å². The van der Waals surface area contributed by atoms with Gasteiger partial charge in [-0.1, -0.05) is 23.7 Å². The van der Waals surface area contributed by atoms with Crippen molar-refractivity contribution in [2.45, 2.75) is 38.4 Å². The van der Waals surface area contributed by atoms with E-state index in [4.69, 9.17) is 21.3 Å². The molecule has 2 heterocycles. The molecule has 1 aliphatic carbocycles. The molecule has 2 aromatic heterocycles. The van der Waals surface area contributed by atoms with Gasteiger partial charge >= 0.3 is 0 Å². The summed E-state index contributed by atoms with van der Waals surface area (Å²) in [6, 6.07) is 16.5. The third-order valence-electron chi connectivity index (χ3n) is 6.42. The van der Waals surface area contributed by atoms with E-state index in [2.05, 4.69) is 4.57 Å². The van der Waals surface area contributed by atoms with Crippen LogP contribution >= 0.6 is 11.6 Å². The molecule has 0 radical (unpaired) electrons. The number of rotatable bonds is 6. The summed E-state index contributed by atoms with van der Waals surface area (Å²) in [5.41, 5.74) is 2.70. The molecule has 7 heteroatoms. The van der Waals surface area contributed by atoms with Crippen LogP contribution in [0.2, 0.25) is 5.02 Å². The van der Waals surface area contributed by atoms with Gasteiger partial charge in [-0.15, -0.1) is 0 Å². The van der Waals surface area contributed by atoms with Gasteiger partial charge in [-0.2, -0.15) is 0 Å². The molecule has 5 rings (SSSR count). The number of fused-ring (bicyclic) bond motifs is 1. The third-order valence-corrected chi connectivity index (χ3v) is 6.67. The molecule has 0 spiro atoms. The fraction of sp³-hybridized carbons (Fsp3) is 0.308. The summed E-state index contributed by atoms with van der Waals surface area (Å²) in [5, 5.41) is 11.0. The molecule has 0 amide bonds. The molecule has 0 bridgehead atoms. The maximum absolute atomic E-state index is 12.8. The van der Waals surface area contributed by atoms with Crippen LogP contribution in [0.4, 0.5) is 0 Å². The van der Waals surface area contributed by atoms with E-state index in [-0.39, 0.29) is 17.4 Å².